The number of quaternary nitrogens is 2. The fourth-order valence-electron chi connectivity index (χ4n) is 3.80. The number of unbranched alkanes of at least 4 members (excludes halogenated alkanes) is 11. The van der Waals surface area contributed by atoms with E-state index in [1.54, 1.807) is 0 Å². The maximum absolute atomic E-state index is 5.95. The standard InChI is InChI=1S/C26H58N2O2/c1-7-9-11-13-15-17-21-27(3,4)25-29-23-19-20-24-30-26-28(5,6)22-18-16-14-12-10-8-2/h7-26H2,1-6H3/q+2. The molecular formula is C26H58N2O2+2. The normalized spacial score (nSPS) is 12.6. The largest absolute Gasteiger partial charge is 0.332 e. The molecule has 0 atom stereocenters. The maximum atomic E-state index is 5.95. The van der Waals surface area contributed by atoms with E-state index in [1.807, 2.05) is 0 Å². The molecule has 0 aliphatic carbocycles. The van der Waals surface area contributed by atoms with Crippen molar-refractivity contribution in [3.63, 3.8) is 0 Å². The van der Waals surface area contributed by atoms with Gasteiger partial charge in [-0.3, -0.25) is 0 Å². The van der Waals surface area contributed by atoms with Crippen LogP contribution in [0.3, 0.4) is 0 Å². The van der Waals surface area contributed by atoms with Gasteiger partial charge in [0.05, 0.1) is 54.5 Å². The molecule has 0 saturated carbocycles. The lowest BCUT2D eigenvalue weighted by Gasteiger charge is -2.29. The van der Waals surface area contributed by atoms with Crippen molar-refractivity contribution in [2.75, 3.05) is 68.0 Å². The molecule has 0 aromatic rings. The highest BCUT2D eigenvalue weighted by Gasteiger charge is 2.15. The molecule has 0 aromatic heterocycles. The van der Waals surface area contributed by atoms with Gasteiger partial charge in [0.25, 0.3) is 0 Å². The minimum atomic E-state index is 0.831. The molecule has 4 nitrogen and oxygen atoms in total. The van der Waals surface area contributed by atoms with E-state index in [-0.39, 0.29) is 0 Å². The molecule has 0 saturated heterocycles. The van der Waals surface area contributed by atoms with Gasteiger partial charge in [-0.25, -0.2) is 0 Å². The smallest absolute Gasteiger partial charge is 0.182 e. The minimum Gasteiger partial charge on any atom is -0.332 e. The lowest BCUT2D eigenvalue weighted by Crippen LogP contribution is -2.42. The predicted octanol–water partition coefficient (Wildman–Crippen LogP) is 6.59. The minimum absolute atomic E-state index is 0.831. The molecule has 30 heavy (non-hydrogen) atoms. The molecule has 0 unspecified atom stereocenters. The van der Waals surface area contributed by atoms with Crippen molar-refractivity contribution >= 4 is 0 Å². The molecule has 0 rings (SSSR count). The van der Waals surface area contributed by atoms with E-state index in [2.05, 4.69) is 42.0 Å². The van der Waals surface area contributed by atoms with Crippen LogP contribution in [0.1, 0.15) is 104 Å². The first kappa shape index (κ1) is 29.8. The third kappa shape index (κ3) is 21.1. The van der Waals surface area contributed by atoms with E-state index in [1.165, 1.54) is 90.1 Å². The van der Waals surface area contributed by atoms with Crippen LogP contribution in [-0.2, 0) is 9.47 Å². The van der Waals surface area contributed by atoms with Crippen LogP contribution in [0, 0.1) is 0 Å². The van der Waals surface area contributed by atoms with Gasteiger partial charge in [-0.2, -0.15) is 0 Å². The molecule has 0 aliphatic heterocycles. The fraction of sp³-hybridized carbons (Fsp3) is 1.00. The zero-order valence-corrected chi connectivity index (χ0v) is 21.9. The Hall–Kier alpha value is -0.160. The van der Waals surface area contributed by atoms with Crippen molar-refractivity contribution in [1.29, 1.82) is 0 Å². The molecule has 0 spiro atoms. The van der Waals surface area contributed by atoms with Crippen molar-refractivity contribution < 1.29 is 18.4 Å². The van der Waals surface area contributed by atoms with Gasteiger partial charge in [0.15, 0.2) is 13.5 Å². The Morgan fingerprint density at radius 2 is 0.767 bits per heavy atom. The van der Waals surface area contributed by atoms with Crippen molar-refractivity contribution in [3.8, 4) is 0 Å². The molecule has 0 amide bonds. The summed E-state index contributed by atoms with van der Waals surface area (Å²) in [5.41, 5.74) is 0. The third-order valence-corrected chi connectivity index (χ3v) is 5.94. The summed E-state index contributed by atoms with van der Waals surface area (Å²) in [5.74, 6) is 0. The van der Waals surface area contributed by atoms with Crippen molar-refractivity contribution in [1.82, 2.24) is 0 Å². The number of hydrogen-bond acceptors (Lipinski definition) is 2. The Kier molecular flexibility index (Phi) is 19.4. The second kappa shape index (κ2) is 19.5. The van der Waals surface area contributed by atoms with E-state index in [4.69, 9.17) is 9.47 Å². The lowest BCUT2D eigenvalue weighted by atomic mass is 10.1. The van der Waals surface area contributed by atoms with Gasteiger partial charge < -0.3 is 18.4 Å². The summed E-state index contributed by atoms with van der Waals surface area (Å²) in [6.07, 6.45) is 18.6. The Morgan fingerprint density at radius 3 is 1.13 bits per heavy atom. The Bertz CT molecular complexity index is 325. The van der Waals surface area contributed by atoms with Crippen LogP contribution in [0.25, 0.3) is 0 Å². The van der Waals surface area contributed by atoms with Crippen LogP contribution in [0.4, 0.5) is 0 Å². The van der Waals surface area contributed by atoms with Gasteiger partial charge in [0.1, 0.15) is 0 Å². The van der Waals surface area contributed by atoms with Crippen molar-refractivity contribution in [2.45, 2.75) is 104 Å². The highest BCUT2D eigenvalue weighted by Crippen LogP contribution is 2.10. The van der Waals surface area contributed by atoms with Crippen LogP contribution >= 0.6 is 0 Å². The van der Waals surface area contributed by atoms with E-state index in [0.717, 1.165) is 48.5 Å². The summed E-state index contributed by atoms with van der Waals surface area (Å²) < 4.78 is 13.9. The van der Waals surface area contributed by atoms with Crippen LogP contribution in [0.2, 0.25) is 0 Å². The zero-order chi connectivity index (χ0) is 22.6. The van der Waals surface area contributed by atoms with Gasteiger partial charge in [-0.05, 0) is 38.5 Å². The van der Waals surface area contributed by atoms with Crippen molar-refractivity contribution in [3.05, 3.63) is 0 Å². The molecule has 0 bridgehead atoms. The Labute approximate surface area is 190 Å². The van der Waals surface area contributed by atoms with Gasteiger partial charge >= 0.3 is 0 Å². The topological polar surface area (TPSA) is 18.5 Å². The van der Waals surface area contributed by atoms with E-state index < -0.39 is 0 Å². The molecule has 0 aliphatic rings. The first-order valence-electron chi connectivity index (χ1n) is 13.1. The molecular weight excluding hydrogens is 372 g/mol. The third-order valence-electron chi connectivity index (χ3n) is 5.94. The highest BCUT2D eigenvalue weighted by atomic mass is 16.5. The van der Waals surface area contributed by atoms with Crippen LogP contribution in [0.15, 0.2) is 0 Å². The predicted molar refractivity (Wildman–Crippen MR) is 132 cm³/mol. The van der Waals surface area contributed by atoms with Crippen LogP contribution < -0.4 is 0 Å². The van der Waals surface area contributed by atoms with Crippen LogP contribution in [0.5, 0.6) is 0 Å². The summed E-state index contributed by atoms with van der Waals surface area (Å²) in [4.78, 5) is 0. The molecule has 0 N–H and O–H groups in total. The molecule has 0 aromatic carbocycles. The van der Waals surface area contributed by atoms with Crippen LogP contribution in [-0.4, -0.2) is 76.9 Å². The van der Waals surface area contributed by atoms with Gasteiger partial charge in [-0.15, -0.1) is 0 Å². The number of hydrogen-bond donors (Lipinski definition) is 0. The summed E-state index contributed by atoms with van der Waals surface area (Å²) in [6, 6.07) is 0. The average molecular weight is 431 g/mol. The zero-order valence-electron chi connectivity index (χ0n) is 21.9. The van der Waals surface area contributed by atoms with E-state index >= 15 is 0 Å². The number of rotatable bonds is 23. The maximum Gasteiger partial charge on any atom is 0.182 e. The number of nitrogens with zero attached hydrogens (tertiary/aromatic N) is 2. The second-order valence-corrected chi connectivity index (χ2v) is 10.6. The molecule has 0 fully saturated rings. The first-order valence-corrected chi connectivity index (χ1v) is 13.1. The summed E-state index contributed by atoms with van der Waals surface area (Å²) >= 11 is 0. The summed E-state index contributed by atoms with van der Waals surface area (Å²) in [5, 5.41) is 0. The molecule has 4 heteroatoms. The summed E-state index contributed by atoms with van der Waals surface area (Å²) in [7, 11) is 9.16. The molecule has 0 radical (unpaired) electrons. The van der Waals surface area contributed by atoms with E-state index in [9.17, 15) is 0 Å². The number of ether oxygens (including phenoxy) is 2. The summed E-state index contributed by atoms with van der Waals surface area (Å²) in [6.45, 7) is 10.4. The van der Waals surface area contributed by atoms with Crippen molar-refractivity contribution in [2.24, 2.45) is 0 Å². The van der Waals surface area contributed by atoms with Gasteiger partial charge in [0.2, 0.25) is 0 Å². The molecule has 0 heterocycles. The molecule has 182 valence electrons. The first-order chi connectivity index (χ1) is 14.3. The fourth-order valence-corrected chi connectivity index (χ4v) is 3.80. The van der Waals surface area contributed by atoms with E-state index in [0.29, 0.717) is 0 Å². The SMILES string of the molecule is CCCCCCCC[N+](C)(C)COCCCCOC[N+](C)(C)CCCCCCCC. The van der Waals surface area contributed by atoms with Gasteiger partial charge in [-0.1, -0.05) is 65.2 Å². The second-order valence-electron chi connectivity index (χ2n) is 10.6. The van der Waals surface area contributed by atoms with Gasteiger partial charge in [0, 0.05) is 0 Å². The highest BCUT2D eigenvalue weighted by molar-refractivity contribution is 4.45. The lowest BCUT2D eigenvalue weighted by molar-refractivity contribution is -0.910. The monoisotopic (exact) mass is 430 g/mol. The Balaban J connectivity index is 3.52. The average Bonchev–Trinajstić information content (AvgIpc) is 2.69. The quantitative estimate of drug-likeness (QED) is 0.103. The Morgan fingerprint density at radius 1 is 0.433 bits per heavy atom.